The van der Waals surface area contributed by atoms with Crippen molar-refractivity contribution in [1.29, 1.82) is 5.26 Å². The highest BCUT2D eigenvalue weighted by Gasteiger charge is 1.60. The van der Waals surface area contributed by atoms with Gasteiger partial charge in [-0.1, -0.05) is 0 Å². The predicted octanol–water partition coefficient (Wildman–Crippen LogP) is -0.539. The highest BCUT2D eigenvalue weighted by atomic mass is 19.1. The molecule has 7 heavy (non-hydrogen) atoms. The molecule has 0 aliphatic heterocycles. The number of nitrogens with zero attached hydrogens (tertiary/aromatic N) is 1. The molecule has 0 saturated heterocycles. The van der Waals surface area contributed by atoms with Gasteiger partial charge in [-0.3, -0.25) is 0 Å². The van der Waals surface area contributed by atoms with Crippen LogP contribution >= 0.6 is 0 Å². The van der Waals surface area contributed by atoms with Crippen LogP contribution in [-0.2, 0) is 0 Å². The Hall–Kier alpha value is -1.31. The summed E-state index contributed by atoms with van der Waals surface area (Å²) in [5.74, 6) is 0. The van der Waals surface area contributed by atoms with E-state index in [1.54, 1.807) is 0 Å². The maximum atomic E-state index is 9.60. The molecule has 0 atom stereocenters. The third kappa shape index (κ3) is 19.8. The van der Waals surface area contributed by atoms with Crippen molar-refractivity contribution < 1.29 is 9.18 Å². The monoisotopic (exact) mass is 105 g/mol. The van der Waals surface area contributed by atoms with Crippen LogP contribution < -0.4 is 11.5 Å². The Morgan fingerprint density at radius 1 is 1.71 bits per heavy atom. The lowest BCUT2D eigenvalue weighted by Gasteiger charge is -1.62. The molecule has 0 aromatic heterocycles. The van der Waals surface area contributed by atoms with Crippen LogP contribution in [-0.4, -0.2) is 6.03 Å². The van der Waals surface area contributed by atoms with Gasteiger partial charge in [-0.15, -0.1) is 4.39 Å². The van der Waals surface area contributed by atoms with Crippen LogP contribution in [0.3, 0.4) is 0 Å². The van der Waals surface area contributed by atoms with Crippen LogP contribution in [0.25, 0.3) is 0 Å². The molecule has 0 aromatic rings. The molecule has 0 radical (unpaired) electrons. The van der Waals surface area contributed by atoms with E-state index in [4.69, 9.17) is 10.1 Å². The van der Waals surface area contributed by atoms with E-state index in [1.807, 2.05) is 0 Å². The first-order valence-corrected chi connectivity index (χ1v) is 1.19. The minimum atomic E-state index is -0.833. The first-order chi connectivity index (χ1) is 3.15. The van der Waals surface area contributed by atoms with Crippen LogP contribution in [0.4, 0.5) is 9.18 Å². The number of nitrogens with two attached hydrogens (primary N) is 2. The number of primary amides is 2. The zero-order valence-corrected chi connectivity index (χ0v) is 3.39. The van der Waals surface area contributed by atoms with Gasteiger partial charge in [0.15, 0.2) is 0 Å². The molecular weight excluding hydrogens is 101 g/mol. The number of hydrogen-bond donors (Lipinski definition) is 2. The molecule has 4 nitrogen and oxygen atoms in total. The Balaban J connectivity index is 0. The molecule has 0 spiro atoms. The summed E-state index contributed by atoms with van der Waals surface area (Å²) >= 11 is 0. The van der Waals surface area contributed by atoms with Crippen molar-refractivity contribution in [3.63, 3.8) is 0 Å². The van der Waals surface area contributed by atoms with Gasteiger partial charge >= 0.3 is 6.03 Å². The Morgan fingerprint density at radius 2 is 1.71 bits per heavy atom. The van der Waals surface area contributed by atoms with E-state index < -0.39 is 6.03 Å². The van der Waals surface area contributed by atoms with Crippen LogP contribution in [0.1, 0.15) is 0 Å². The van der Waals surface area contributed by atoms with Crippen molar-refractivity contribution in [3.05, 3.63) is 0 Å². The molecule has 0 unspecified atom stereocenters. The van der Waals surface area contributed by atoms with Crippen molar-refractivity contribution in [2.75, 3.05) is 0 Å². The number of carbonyl (C=O) groups is 1. The number of urea groups is 1. The summed E-state index contributed by atoms with van der Waals surface area (Å²) < 4.78 is 9.60. The summed E-state index contributed by atoms with van der Waals surface area (Å²) in [5.41, 5.74) is 8.50. The van der Waals surface area contributed by atoms with Crippen LogP contribution in [0.2, 0.25) is 0 Å². The lowest BCUT2D eigenvalue weighted by molar-refractivity contribution is 0.256. The number of rotatable bonds is 0. The third-order valence-corrected chi connectivity index (χ3v) is 0. The number of nitriles is 1. The summed E-state index contributed by atoms with van der Waals surface area (Å²) in [6, 6.07) is -0.833. The molecule has 0 fully saturated rings. The van der Waals surface area contributed by atoms with Crippen molar-refractivity contribution >= 4 is 6.03 Å². The van der Waals surface area contributed by atoms with E-state index in [1.165, 1.54) is 0 Å². The first kappa shape index (κ1) is 9.19. The number of hydrogen-bond acceptors (Lipinski definition) is 2. The van der Waals surface area contributed by atoms with Gasteiger partial charge in [0.1, 0.15) is 0 Å². The van der Waals surface area contributed by atoms with Crippen molar-refractivity contribution in [1.82, 2.24) is 0 Å². The van der Waals surface area contributed by atoms with Gasteiger partial charge in [0.05, 0.1) is 0 Å². The minimum Gasteiger partial charge on any atom is -0.352 e. The number of carbonyl (C=O) groups excluding carboxylic acids is 1. The van der Waals surface area contributed by atoms with Gasteiger partial charge in [0, 0.05) is 0 Å². The second-order valence-electron chi connectivity index (χ2n) is 0.487. The highest BCUT2D eigenvalue weighted by Crippen LogP contribution is 1.34. The molecule has 0 aliphatic carbocycles. The molecular formula is C2H4FN3O. The Bertz CT molecular complexity index is 81.4. The van der Waals surface area contributed by atoms with Gasteiger partial charge in [-0.25, -0.2) is 4.79 Å². The molecule has 0 bridgehead atoms. The summed E-state index contributed by atoms with van der Waals surface area (Å²) in [6.45, 7) is 0. The fourth-order valence-electron chi connectivity index (χ4n) is 0. The largest absolute Gasteiger partial charge is 0.352 e. The van der Waals surface area contributed by atoms with E-state index in [0.717, 1.165) is 0 Å². The average molecular weight is 105 g/mol. The summed E-state index contributed by atoms with van der Waals surface area (Å²) in [6.07, 6.45) is 0.250. The Kier molecular flexibility index (Phi) is 11.6. The average Bonchev–Trinajstić information content (AvgIpc) is 1.33. The van der Waals surface area contributed by atoms with Crippen molar-refractivity contribution in [2.45, 2.75) is 0 Å². The third-order valence-electron chi connectivity index (χ3n) is 0. The van der Waals surface area contributed by atoms with Gasteiger partial charge in [-0.05, 0) is 0 Å². The quantitative estimate of drug-likeness (QED) is 0.433. The Morgan fingerprint density at radius 3 is 1.71 bits per heavy atom. The van der Waals surface area contributed by atoms with Crippen LogP contribution in [0, 0.1) is 11.6 Å². The molecule has 2 amide bonds. The molecule has 0 saturated carbocycles. The standard InChI is InChI=1S/CFN.CH4N2O/c2-1-3;2-1(3)4/h;(H4,2,3,4). The van der Waals surface area contributed by atoms with Gasteiger partial charge < -0.3 is 11.5 Å². The molecule has 5 heteroatoms. The second-order valence-corrected chi connectivity index (χ2v) is 0.487. The molecule has 40 valence electrons. The van der Waals surface area contributed by atoms with E-state index in [0.29, 0.717) is 0 Å². The Labute approximate surface area is 39.5 Å². The topological polar surface area (TPSA) is 92.9 Å². The van der Waals surface area contributed by atoms with E-state index in [-0.39, 0.29) is 6.32 Å². The van der Waals surface area contributed by atoms with Gasteiger partial charge in [0.25, 0.3) is 6.32 Å². The molecule has 0 heterocycles. The fraction of sp³-hybridized carbons (Fsp3) is 0. The SMILES string of the molecule is N#CF.NC(N)=O. The van der Waals surface area contributed by atoms with Crippen molar-refractivity contribution in [3.8, 4) is 6.32 Å². The smallest absolute Gasteiger partial charge is 0.309 e. The second kappa shape index (κ2) is 8.83. The lowest BCUT2D eigenvalue weighted by atomic mass is 11.2. The summed E-state index contributed by atoms with van der Waals surface area (Å²) in [4.78, 5) is 9.00. The van der Waals surface area contributed by atoms with Crippen molar-refractivity contribution in [2.24, 2.45) is 11.5 Å². The van der Waals surface area contributed by atoms with Crippen LogP contribution in [0.5, 0.6) is 0 Å². The number of amides is 2. The van der Waals surface area contributed by atoms with Crippen LogP contribution in [0.15, 0.2) is 0 Å². The highest BCUT2D eigenvalue weighted by molar-refractivity contribution is 5.69. The minimum absolute atomic E-state index is 0.250. The van der Waals surface area contributed by atoms with E-state index >= 15 is 0 Å². The van der Waals surface area contributed by atoms with E-state index in [2.05, 4.69) is 11.5 Å². The van der Waals surface area contributed by atoms with Gasteiger partial charge in [0.2, 0.25) is 0 Å². The maximum absolute atomic E-state index is 9.60. The fourth-order valence-corrected chi connectivity index (χ4v) is 0. The van der Waals surface area contributed by atoms with E-state index in [9.17, 15) is 4.39 Å². The maximum Gasteiger partial charge on any atom is 0.309 e. The predicted molar refractivity (Wildman–Crippen MR) is 20.5 cm³/mol. The molecule has 0 aromatic carbocycles. The lowest BCUT2D eigenvalue weighted by Crippen LogP contribution is -2.18. The van der Waals surface area contributed by atoms with Gasteiger partial charge in [-0.2, -0.15) is 5.26 Å². The molecule has 0 aliphatic rings. The first-order valence-electron chi connectivity index (χ1n) is 1.19. The normalized spacial score (nSPS) is 4.57. The summed E-state index contributed by atoms with van der Waals surface area (Å²) in [5, 5.41) is 6.65. The summed E-state index contributed by atoms with van der Waals surface area (Å²) in [7, 11) is 0. The number of halogens is 1. The molecule has 0 rings (SSSR count). The molecule has 4 N–H and O–H groups in total. The zero-order chi connectivity index (χ0) is 6.28. The zero-order valence-electron chi connectivity index (χ0n) is 3.39.